The molecule has 0 aliphatic rings. The van der Waals surface area contributed by atoms with Crippen LogP contribution < -0.4 is 0 Å². The molecule has 4 rings (SSSR count). The first kappa shape index (κ1) is 14.3. The lowest BCUT2D eigenvalue weighted by molar-refractivity contribution is 0.101. The molecule has 0 amide bonds. The smallest absolute Gasteiger partial charge is 0.159 e. The molecule has 1 aromatic carbocycles. The van der Waals surface area contributed by atoms with Gasteiger partial charge in [-0.05, 0) is 31.2 Å². The second-order valence-electron chi connectivity index (χ2n) is 5.27. The molecule has 0 aliphatic carbocycles. The number of ketones is 1. The van der Waals surface area contributed by atoms with Crippen LogP contribution in [0.3, 0.4) is 0 Å². The first-order valence-corrected chi connectivity index (χ1v) is 8.27. The molecule has 23 heavy (non-hydrogen) atoms. The number of rotatable bonds is 2. The standard InChI is InChI=1S/C18H11ClN2OS/c1-10(22)11-2-3-12-14-9-20-7-6-13(14)18(21-15(12)8-11)16-4-5-17(19)23-16/h2-9H,1H3. The van der Waals surface area contributed by atoms with Crippen molar-refractivity contribution in [1.29, 1.82) is 0 Å². The van der Waals surface area contributed by atoms with Crippen LogP contribution in [-0.4, -0.2) is 15.8 Å². The summed E-state index contributed by atoms with van der Waals surface area (Å²) in [5.74, 6) is 0.0284. The van der Waals surface area contributed by atoms with Crippen LogP contribution in [0.4, 0.5) is 0 Å². The summed E-state index contributed by atoms with van der Waals surface area (Å²) in [6.45, 7) is 1.56. The molecule has 0 unspecified atom stereocenters. The summed E-state index contributed by atoms with van der Waals surface area (Å²) >= 11 is 7.57. The largest absolute Gasteiger partial charge is 0.295 e. The van der Waals surface area contributed by atoms with Gasteiger partial charge in [0.05, 0.1) is 20.4 Å². The molecule has 3 heterocycles. The van der Waals surface area contributed by atoms with Crippen LogP contribution in [-0.2, 0) is 0 Å². The van der Waals surface area contributed by atoms with Crippen LogP contribution in [0, 0.1) is 0 Å². The van der Waals surface area contributed by atoms with Crippen molar-refractivity contribution in [3.05, 3.63) is 58.7 Å². The number of Topliss-reactive ketones (excluding diaryl/α,β-unsaturated/α-hetero) is 1. The summed E-state index contributed by atoms with van der Waals surface area (Å²) in [6, 6.07) is 11.4. The summed E-state index contributed by atoms with van der Waals surface area (Å²) in [4.78, 5) is 21.7. The van der Waals surface area contributed by atoms with E-state index >= 15 is 0 Å². The van der Waals surface area contributed by atoms with E-state index in [2.05, 4.69) is 4.98 Å². The van der Waals surface area contributed by atoms with Crippen molar-refractivity contribution in [2.45, 2.75) is 6.92 Å². The van der Waals surface area contributed by atoms with Gasteiger partial charge in [0.1, 0.15) is 0 Å². The van der Waals surface area contributed by atoms with Crippen molar-refractivity contribution >= 4 is 50.4 Å². The first-order valence-electron chi connectivity index (χ1n) is 7.07. The Bertz CT molecular complexity index is 1070. The SMILES string of the molecule is CC(=O)c1ccc2c(c1)nc(-c1ccc(Cl)s1)c1ccncc12. The van der Waals surface area contributed by atoms with E-state index in [4.69, 9.17) is 16.6 Å². The first-order chi connectivity index (χ1) is 11.1. The molecule has 0 atom stereocenters. The molecule has 0 saturated heterocycles. The van der Waals surface area contributed by atoms with Gasteiger partial charge in [0, 0.05) is 34.1 Å². The van der Waals surface area contributed by atoms with Crippen LogP contribution in [0.1, 0.15) is 17.3 Å². The van der Waals surface area contributed by atoms with Gasteiger partial charge in [-0.1, -0.05) is 23.7 Å². The molecule has 0 saturated carbocycles. The molecule has 4 aromatic rings. The number of pyridine rings is 2. The van der Waals surface area contributed by atoms with E-state index in [-0.39, 0.29) is 5.78 Å². The zero-order valence-electron chi connectivity index (χ0n) is 12.2. The molecule has 3 aromatic heterocycles. The van der Waals surface area contributed by atoms with Gasteiger partial charge in [0.2, 0.25) is 0 Å². The maximum Gasteiger partial charge on any atom is 0.159 e. The fraction of sp³-hybridized carbons (Fsp3) is 0.0556. The van der Waals surface area contributed by atoms with Crippen molar-refractivity contribution in [2.24, 2.45) is 0 Å². The fourth-order valence-electron chi connectivity index (χ4n) is 2.70. The molecule has 5 heteroatoms. The molecule has 0 bridgehead atoms. The molecule has 0 N–H and O–H groups in total. The quantitative estimate of drug-likeness (QED) is 0.364. The summed E-state index contributed by atoms with van der Waals surface area (Å²) < 4.78 is 0.724. The lowest BCUT2D eigenvalue weighted by Crippen LogP contribution is -1.94. The predicted octanol–water partition coefficient (Wildman–Crippen LogP) is 5.37. The van der Waals surface area contributed by atoms with Crippen molar-refractivity contribution < 1.29 is 4.79 Å². The highest BCUT2D eigenvalue weighted by atomic mass is 35.5. The Kier molecular flexibility index (Phi) is 3.36. The lowest BCUT2D eigenvalue weighted by Gasteiger charge is -2.09. The summed E-state index contributed by atoms with van der Waals surface area (Å²) in [6.07, 6.45) is 3.60. The lowest BCUT2D eigenvalue weighted by atomic mass is 10.0. The van der Waals surface area contributed by atoms with Crippen molar-refractivity contribution in [1.82, 2.24) is 9.97 Å². The molecule has 0 spiro atoms. The Morgan fingerprint density at radius 2 is 1.96 bits per heavy atom. The number of halogens is 1. The van der Waals surface area contributed by atoms with Crippen molar-refractivity contribution in [2.75, 3.05) is 0 Å². The second-order valence-corrected chi connectivity index (χ2v) is 6.99. The molecule has 0 fully saturated rings. The van der Waals surface area contributed by atoms with Gasteiger partial charge in [-0.3, -0.25) is 9.78 Å². The summed E-state index contributed by atoms with van der Waals surface area (Å²) in [5, 5.41) is 3.04. The number of carbonyl (C=O) groups is 1. The second kappa shape index (κ2) is 5.41. The van der Waals surface area contributed by atoms with Crippen molar-refractivity contribution in [3.8, 4) is 10.6 Å². The highest BCUT2D eigenvalue weighted by Crippen LogP contribution is 2.36. The van der Waals surface area contributed by atoms with Gasteiger partial charge in [-0.25, -0.2) is 4.98 Å². The van der Waals surface area contributed by atoms with E-state index in [0.29, 0.717) is 5.56 Å². The van der Waals surface area contributed by atoms with E-state index in [9.17, 15) is 4.79 Å². The van der Waals surface area contributed by atoms with Crippen LogP contribution in [0.15, 0.2) is 48.8 Å². The van der Waals surface area contributed by atoms with E-state index in [1.807, 2.05) is 42.6 Å². The maximum atomic E-state index is 11.7. The topological polar surface area (TPSA) is 42.9 Å². The molecule has 0 aliphatic heterocycles. The zero-order valence-corrected chi connectivity index (χ0v) is 13.8. The normalized spacial score (nSPS) is 11.2. The average molecular weight is 339 g/mol. The highest BCUT2D eigenvalue weighted by Gasteiger charge is 2.13. The van der Waals surface area contributed by atoms with E-state index in [1.165, 1.54) is 11.3 Å². The van der Waals surface area contributed by atoms with Gasteiger partial charge < -0.3 is 0 Å². The van der Waals surface area contributed by atoms with E-state index < -0.39 is 0 Å². The molecule has 3 nitrogen and oxygen atoms in total. The Morgan fingerprint density at radius 3 is 2.70 bits per heavy atom. The number of fused-ring (bicyclic) bond motifs is 3. The fourth-order valence-corrected chi connectivity index (χ4v) is 3.74. The van der Waals surface area contributed by atoms with Gasteiger partial charge in [0.15, 0.2) is 5.78 Å². The van der Waals surface area contributed by atoms with Crippen LogP contribution in [0.2, 0.25) is 4.34 Å². The predicted molar refractivity (Wildman–Crippen MR) is 95.4 cm³/mol. The Labute approximate surface area is 141 Å². The van der Waals surface area contributed by atoms with Gasteiger partial charge in [-0.2, -0.15) is 0 Å². The average Bonchev–Trinajstić information content (AvgIpc) is 2.99. The van der Waals surface area contributed by atoms with Crippen LogP contribution in [0.5, 0.6) is 0 Å². The minimum Gasteiger partial charge on any atom is -0.295 e. The van der Waals surface area contributed by atoms with Crippen molar-refractivity contribution in [3.63, 3.8) is 0 Å². The molecule has 0 radical (unpaired) electrons. The molecular weight excluding hydrogens is 328 g/mol. The number of hydrogen-bond acceptors (Lipinski definition) is 4. The third-order valence-electron chi connectivity index (χ3n) is 3.81. The monoisotopic (exact) mass is 338 g/mol. The van der Waals surface area contributed by atoms with Gasteiger partial charge >= 0.3 is 0 Å². The maximum absolute atomic E-state index is 11.7. The Hall–Kier alpha value is -2.30. The van der Waals surface area contributed by atoms with Gasteiger partial charge in [-0.15, -0.1) is 11.3 Å². The number of nitrogens with zero attached hydrogens (tertiary/aromatic N) is 2. The number of thiophene rings is 1. The highest BCUT2D eigenvalue weighted by molar-refractivity contribution is 7.19. The van der Waals surface area contributed by atoms with E-state index in [1.54, 1.807) is 13.1 Å². The van der Waals surface area contributed by atoms with Gasteiger partial charge in [0.25, 0.3) is 0 Å². The van der Waals surface area contributed by atoms with Crippen LogP contribution in [0.25, 0.3) is 32.2 Å². The molecule has 112 valence electrons. The zero-order chi connectivity index (χ0) is 16.0. The number of aromatic nitrogens is 2. The number of hydrogen-bond donors (Lipinski definition) is 0. The molecular formula is C18H11ClN2OS. The minimum atomic E-state index is 0.0284. The minimum absolute atomic E-state index is 0.0284. The van der Waals surface area contributed by atoms with E-state index in [0.717, 1.165) is 36.6 Å². The Morgan fingerprint density at radius 1 is 1.09 bits per heavy atom. The Balaban J connectivity index is 2.12. The third-order valence-corrected chi connectivity index (χ3v) is 5.05. The third kappa shape index (κ3) is 2.40. The summed E-state index contributed by atoms with van der Waals surface area (Å²) in [7, 11) is 0. The number of benzene rings is 1. The van der Waals surface area contributed by atoms with Crippen LogP contribution >= 0.6 is 22.9 Å². The summed E-state index contributed by atoms with van der Waals surface area (Å²) in [5.41, 5.74) is 2.31. The number of carbonyl (C=O) groups excluding carboxylic acids is 1.